The molecule has 0 aromatic rings. The largest absolute Gasteiger partial charge is 0.356 e. The molecule has 0 unspecified atom stereocenters. The average Bonchev–Trinajstić information content (AvgIpc) is 2.43. The summed E-state index contributed by atoms with van der Waals surface area (Å²) in [6, 6.07) is 0. The van der Waals surface area contributed by atoms with Crippen molar-refractivity contribution in [3.05, 3.63) is 0 Å². The van der Waals surface area contributed by atoms with Crippen LogP contribution in [0.15, 0.2) is 0 Å². The molecule has 0 spiro atoms. The van der Waals surface area contributed by atoms with Gasteiger partial charge in [0.25, 0.3) is 0 Å². The van der Waals surface area contributed by atoms with E-state index in [1.54, 1.807) is 6.92 Å². The molecule has 0 saturated carbocycles. The Morgan fingerprint density at radius 3 is 2.37 bits per heavy atom. The molecular weight excluding hydrogens is 264 g/mol. The minimum absolute atomic E-state index is 0.0232. The highest BCUT2D eigenvalue weighted by Gasteiger charge is 2.29. The number of rotatable bonds is 7. The van der Waals surface area contributed by atoms with E-state index in [9.17, 15) is 13.2 Å². The summed E-state index contributed by atoms with van der Waals surface area (Å²) in [5, 5.41) is 2.95. The Bertz CT molecular complexity index is 373. The number of unbranched alkanes of at least 4 members (excludes halogenated alkanes) is 2. The fraction of sp³-hybridized carbons (Fsp3) is 0.923. The van der Waals surface area contributed by atoms with Crippen molar-refractivity contribution in [2.75, 3.05) is 25.4 Å². The third kappa shape index (κ3) is 5.10. The first-order valence-electron chi connectivity index (χ1n) is 7.26. The van der Waals surface area contributed by atoms with Crippen molar-refractivity contribution in [2.45, 2.75) is 46.0 Å². The van der Waals surface area contributed by atoms with Gasteiger partial charge < -0.3 is 5.32 Å². The highest BCUT2D eigenvalue weighted by molar-refractivity contribution is 7.89. The Morgan fingerprint density at radius 1 is 1.21 bits per heavy atom. The first-order valence-corrected chi connectivity index (χ1v) is 8.87. The molecule has 0 aromatic carbocycles. The third-order valence-electron chi connectivity index (χ3n) is 3.66. The van der Waals surface area contributed by atoms with E-state index < -0.39 is 10.0 Å². The third-order valence-corrected chi connectivity index (χ3v) is 5.54. The fourth-order valence-corrected chi connectivity index (χ4v) is 3.44. The van der Waals surface area contributed by atoms with Crippen molar-refractivity contribution in [1.82, 2.24) is 9.62 Å². The first-order chi connectivity index (χ1) is 9.01. The number of amides is 1. The van der Waals surface area contributed by atoms with E-state index in [2.05, 4.69) is 12.2 Å². The molecule has 1 rings (SSSR count). The molecule has 0 radical (unpaired) electrons. The van der Waals surface area contributed by atoms with Crippen LogP contribution in [0.2, 0.25) is 0 Å². The monoisotopic (exact) mass is 290 g/mol. The molecule has 0 atom stereocenters. The molecule has 1 aliphatic rings. The van der Waals surface area contributed by atoms with Gasteiger partial charge in [0.05, 0.1) is 5.75 Å². The maximum absolute atomic E-state index is 11.9. The number of nitrogens with zero attached hydrogens (tertiary/aromatic N) is 1. The van der Waals surface area contributed by atoms with Gasteiger partial charge in [-0.25, -0.2) is 12.7 Å². The second-order valence-corrected chi connectivity index (χ2v) is 7.33. The van der Waals surface area contributed by atoms with Crippen molar-refractivity contribution in [1.29, 1.82) is 0 Å². The molecule has 0 aliphatic carbocycles. The predicted octanol–water partition coefficient (Wildman–Crippen LogP) is 1.35. The van der Waals surface area contributed by atoms with Crippen molar-refractivity contribution >= 4 is 15.9 Å². The van der Waals surface area contributed by atoms with Crippen LogP contribution in [0.4, 0.5) is 0 Å². The van der Waals surface area contributed by atoms with Crippen molar-refractivity contribution in [2.24, 2.45) is 5.92 Å². The SMILES string of the molecule is CCCCCNC(=O)C1CCN(S(=O)(=O)CC)CC1. The Kier molecular flexibility index (Phi) is 6.79. The zero-order valence-corrected chi connectivity index (χ0v) is 12.8. The summed E-state index contributed by atoms with van der Waals surface area (Å²) in [7, 11) is -3.09. The lowest BCUT2D eigenvalue weighted by molar-refractivity contribution is -0.126. The number of carbonyl (C=O) groups is 1. The minimum atomic E-state index is -3.09. The molecule has 112 valence electrons. The standard InChI is InChI=1S/C13H26N2O3S/c1-3-5-6-9-14-13(16)12-7-10-15(11-8-12)19(17,18)4-2/h12H,3-11H2,1-2H3,(H,14,16). The van der Waals surface area contributed by atoms with Crippen molar-refractivity contribution < 1.29 is 13.2 Å². The van der Waals surface area contributed by atoms with Crippen LogP contribution in [-0.2, 0) is 14.8 Å². The summed E-state index contributed by atoms with van der Waals surface area (Å²) in [4.78, 5) is 11.9. The molecular formula is C13H26N2O3S. The van der Waals surface area contributed by atoms with E-state index >= 15 is 0 Å². The zero-order valence-electron chi connectivity index (χ0n) is 12.0. The molecule has 5 nitrogen and oxygen atoms in total. The fourth-order valence-electron chi connectivity index (χ4n) is 2.31. The van der Waals surface area contributed by atoms with Gasteiger partial charge in [0.2, 0.25) is 15.9 Å². The van der Waals surface area contributed by atoms with E-state index in [0.717, 1.165) is 25.8 Å². The van der Waals surface area contributed by atoms with E-state index in [-0.39, 0.29) is 17.6 Å². The smallest absolute Gasteiger partial charge is 0.223 e. The molecule has 1 saturated heterocycles. The van der Waals surface area contributed by atoms with Crippen molar-refractivity contribution in [3.8, 4) is 0 Å². The highest BCUT2D eigenvalue weighted by Crippen LogP contribution is 2.19. The molecule has 1 fully saturated rings. The van der Waals surface area contributed by atoms with Crippen molar-refractivity contribution in [3.63, 3.8) is 0 Å². The molecule has 1 heterocycles. The number of hydrogen-bond donors (Lipinski definition) is 1. The predicted molar refractivity (Wildman–Crippen MR) is 76.3 cm³/mol. The molecule has 1 N–H and O–H groups in total. The van der Waals surface area contributed by atoms with E-state index in [1.807, 2.05) is 0 Å². The molecule has 6 heteroatoms. The van der Waals surface area contributed by atoms with Gasteiger partial charge in [0.15, 0.2) is 0 Å². The van der Waals surface area contributed by atoms with Crippen LogP contribution in [-0.4, -0.2) is 44.0 Å². The summed E-state index contributed by atoms with van der Waals surface area (Å²) in [6.45, 7) is 5.47. The van der Waals surface area contributed by atoms with Crippen LogP contribution in [0.1, 0.15) is 46.0 Å². The molecule has 1 amide bonds. The number of sulfonamides is 1. The van der Waals surface area contributed by atoms with Gasteiger partial charge in [-0.05, 0) is 26.2 Å². The first kappa shape index (κ1) is 16.4. The van der Waals surface area contributed by atoms with Crippen LogP contribution in [0.5, 0.6) is 0 Å². The number of hydrogen-bond acceptors (Lipinski definition) is 3. The quantitative estimate of drug-likeness (QED) is 0.720. The Hall–Kier alpha value is -0.620. The van der Waals surface area contributed by atoms with Gasteiger partial charge in [-0.15, -0.1) is 0 Å². The topological polar surface area (TPSA) is 66.5 Å². The molecule has 1 aliphatic heterocycles. The number of piperidine rings is 1. The molecule has 19 heavy (non-hydrogen) atoms. The van der Waals surface area contributed by atoms with Gasteiger partial charge in [-0.2, -0.15) is 0 Å². The normalized spacial score (nSPS) is 18.4. The van der Waals surface area contributed by atoms with Crippen LogP contribution < -0.4 is 5.32 Å². The van der Waals surface area contributed by atoms with E-state index in [0.29, 0.717) is 25.9 Å². The summed E-state index contributed by atoms with van der Waals surface area (Å²) >= 11 is 0. The lowest BCUT2D eigenvalue weighted by Gasteiger charge is -2.30. The Morgan fingerprint density at radius 2 is 1.84 bits per heavy atom. The van der Waals surface area contributed by atoms with Crippen LogP contribution in [0, 0.1) is 5.92 Å². The minimum Gasteiger partial charge on any atom is -0.356 e. The zero-order chi connectivity index (χ0) is 14.3. The Labute approximate surface area is 116 Å². The lowest BCUT2D eigenvalue weighted by atomic mass is 9.97. The van der Waals surface area contributed by atoms with Gasteiger partial charge in [-0.3, -0.25) is 4.79 Å². The van der Waals surface area contributed by atoms with Crippen LogP contribution in [0.25, 0.3) is 0 Å². The average molecular weight is 290 g/mol. The molecule has 0 aromatic heterocycles. The summed E-state index contributed by atoms with van der Waals surface area (Å²) in [5.74, 6) is 0.204. The van der Waals surface area contributed by atoms with E-state index in [4.69, 9.17) is 0 Å². The maximum atomic E-state index is 11.9. The van der Waals surface area contributed by atoms with Gasteiger partial charge in [0.1, 0.15) is 0 Å². The second-order valence-electron chi connectivity index (χ2n) is 5.07. The van der Waals surface area contributed by atoms with Gasteiger partial charge >= 0.3 is 0 Å². The summed E-state index contributed by atoms with van der Waals surface area (Å²) < 4.78 is 24.9. The summed E-state index contributed by atoms with van der Waals surface area (Å²) in [5.41, 5.74) is 0. The Balaban J connectivity index is 2.31. The lowest BCUT2D eigenvalue weighted by Crippen LogP contribution is -2.43. The number of carbonyl (C=O) groups excluding carboxylic acids is 1. The van der Waals surface area contributed by atoms with Gasteiger partial charge in [0, 0.05) is 25.6 Å². The molecule has 0 bridgehead atoms. The summed E-state index contributed by atoms with van der Waals surface area (Å²) in [6.07, 6.45) is 4.57. The second kappa shape index (κ2) is 7.85. The maximum Gasteiger partial charge on any atom is 0.223 e. The van der Waals surface area contributed by atoms with Crippen LogP contribution in [0.3, 0.4) is 0 Å². The highest BCUT2D eigenvalue weighted by atomic mass is 32.2. The van der Waals surface area contributed by atoms with E-state index in [1.165, 1.54) is 4.31 Å². The van der Waals surface area contributed by atoms with Crippen LogP contribution >= 0.6 is 0 Å². The number of nitrogens with one attached hydrogen (secondary N) is 1. The van der Waals surface area contributed by atoms with Gasteiger partial charge in [-0.1, -0.05) is 19.8 Å².